The van der Waals surface area contributed by atoms with Crippen molar-refractivity contribution in [2.24, 2.45) is 16.9 Å². The maximum atomic E-state index is 5.15. The molecule has 0 spiro atoms. The molecule has 0 amide bonds. The topological polar surface area (TPSA) is 15.6 Å². The summed E-state index contributed by atoms with van der Waals surface area (Å²) in [5.41, 5.74) is 1.23. The molecule has 0 aliphatic carbocycles. The molecule has 0 radical (unpaired) electrons. The molecule has 1 fully saturated rings. The molecule has 0 saturated carbocycles. The fraction of sp³-hybridized carbons (Fsp3) is 0.345. The number of halogens is 2. The summed E-state index contributed by atoms with van der Waals surface area (Å²) in [6.07, 6.45) is 4.60. The number of benzene rings is 3. The second-order valence-corrected chi connectivity index (χ2v) is 14.0. The van der Waals surface area contributed by atoms with Gasteiger partial charge in [-0.15, -0.1) is 0 Å². The summed E-state index contributed by atoms with van der Waals surface area (Å²) < 4.78 is 0. The Bertz CT molecular complexity index is 991. The van der Waals surface area contributed by atoms with Crippen molar-refractivity contribution in [1.29, 1.82) is 0 Å². The van der Waals surface area contributed by atoms with Gasteiger partial charge >= 0.3 is 35.0 Å². The van der Waals surface area contributed by atoms with Crippen LogP contribution >= 0.6 is 27.0 Å². The zero-order valence-corrected chi connectivity index (χ0v) is 24.8. The molecule has 6 heteroatoms. The molecule has 0 aromatic heterocycles. The third-order valence-corrected chi connectivity index (χ3v) is 9.03. The van der Waals surface area contributed by atoms with Crippen molar-refractivity contribution in [3.63, 3.8) is 0 Å². The average molecular weight is 620 g/mol. The second-order valence-electron chi connectivity index (χ2n) is 9.44. The van der Waals surface area contributed by atoms with Gasteiger partial charge in [0.25, 0.3) is 0 Å². The van der Waals surface area contributed by atoms with E-state index in [1.807, 2.05) is 0 Å². The van der Waals surface area contributed by atoms with Crippen LogP contribution in [0.25, 0.3) is 0 Å². The molecule has 1 aliphatic heterocycles. The third-order valence-electron chi connectivity index (χ3n) is 6.51. The van der Waals surface area contributed by atoms with Gasteiger partial charge in [-0.05, 0) is 48.5 Å². The summed E-state index contributed by atoms with van der Waals surface area (Å²) in [5.74, 6) is 1.22. The summed E-state index contributed by atoms with van der Waals surface area (Å²) in [6.45, 7) is 9.31. The van der Waals surface area contributed by atoms with Gasteiger partial charge in [0.05, 0.1) is 6.21 Å². The maximum absolute atomic E-state index is 5.15. The molecule has 1 heterocycles. The summed E-state index contributed by atoms with van der Waals surface area (Å²) in [4.78, 5) is 0. The van der Waals surface area contributed by atoms with Crippen LogP contribution in [-0.2, 0) is 15.9 Å². The van der Waals surface area contributed by atoms with Gasteiger partial charge in [-0.3, -0.25) is 5.01 Å². The van der Waals surface area contributed by atoms with Crippen LogP contribution in [0.15, 0.2) is 90.0 Å². The van der Waals surface area contributed by atoms with Crippen LogP contribution in [0.5, 0.6) is 0 Å². The molecule has 1 saturated heterocycles. The number of nitrogens with zero attached hydrogens (tertiary/aromatic N) is 2. The van der Waals surface area contributed by atoms with Crippen molar-refractivity contribution in [2.75, 3.05) is 0 Å². The van der Waals surface area contributed by atoms with E-state index in [0.717, 1.165) is 0 Å². The van der Waals surface area contributed by atoms with Crippen molar-refractivity contribution in [3.05, 3.63) is 90.5 Å². The molecule has 3 aromatic carbocycles. The molecule has 3 aromatic rings. The van der Waals surface area contributed by atoms with Crippen LogP contribution in [0.4, 0.5) is 0 Å². The molecule has 4 rings (SSSR count). The minimum absolute atomic E-state index is 0.106. The van der Waals surface area contributed by atoms with Crippen LogP contribution in [0.3, 0.4) is 0 Å². The van der Waals surface area contributed by atoms with Crippen LogP contribution < -0.4 is 15.9 Å². The predicted molar refractivity (Wildman–Crippen MR) is 153 cm³/mol. The van der Waals surface area contributed by atoms with E-state index in [2.05, 4.69) is 124 Å². The number of rotatable bonds is 7. The van der Waals surface area contributed by atoms with Crippen molar-refractivity contribution in [3.8, 4) is 0 Å². The Balaban J connectivity index is 0.00000108. The second kappa shape index (κ2) is 14.5. The first-order valence-electron chi connectivity index (χ1n) is 12.1. The van der Waals surface area contributed by atoms with E-state index in [0.29, 0.717) is 23.9 Å². The van der Waals surface area contributed by atoms with Crippen molar-refractivity contribution >= 4 is 49.1 Å². The SMILES string of the molecule is CC(C)[C@@H]1CC[C@@H](C(C)C)N1/N=C/c1ccccc1P(c1ccccc1)c1ccccc1.[Cl][Pd][Cl]. The van der Waals surface area contributed by atoms with Crippen LogP contribution in [0.1, 0.15) is 46.1 Å². The zero-order chi connectivity index (χ0) is 25.2. The molecule has 0 N–H and O–H groups in total. The Labute approximate surface area is 229 Å². The van der Waals surface area contributed by atoms with Crippen LogP contribution in [0, 0.1) is 11.8 Å². The summed E-state index contributed by atoms with van der Waals surface area (Å²) >= 11 is -0.106. The third kappa shape index (κ3) is 7.65. The van der Waals surface area contributed by atoms with Gasteiger partial charge in [0.1, 0.15) is 0 Å². The zero-order valence-electron chi connectivity index (χ0n) is 20.8. The molecule has 0 bridgehead atoms. The Hall–Kier alpha value is -1.20. The number of hydrazone groups is 1. The van der Waals surface area contributed by atoms with E-state index in [1.165, 1.54) is 34.3 Å². The van der Waals surface area contributed by atoms with Gasteiger partial charge in [0.2, 0.25) is 0 Å². The Morgan fingerprint density at radius 1 is 0.771 bits per heavy atom. The summed E-state index contributed by atoms with van der Waals surface area (Å²) in [6, 6.07) is 31.7. The molecule has 190 valence electrons. The van der Waals surface area contributed by atoms with Crippen LogP contribution in [-0.4, -0.2) is 23.3 Å². The minimum atomic E-state index is -0.647. The van der Waals surface area contributed by atoms with E-state index in [9.17, 15) is 0 Å². The van der Waals surface area contributed by atoms with Crippen LogP contribution in [0.2, 0.25) is 0 Å². The normalized spacial score (nSPS) is 18.0. The summed E-state index contributed by atoms with van der Waals surface area (Å²) in [7, 11) is 8.98. The van der Waals surface area contributed by atoms with Gasteiger partial charge in [-0.1, -0.05) is 113 Å². The molecular formula is C29H35Cl2N2PPd. The quantitative estimate of drug-likeness (QED) is 0.154. The fourth-order valence-electron chi connectivity index (χ4n) is 4.81. The van der Waals surface area contributed by atoms with E-state index in [1.54, 1.807) is 0 Å². The number of hydrogen-bond acceptors (Lipinski definition) is 2. The monoisotopic (exact) mass is 618 g/mol. The van der Waals surface area contributed by atoms with E-state index in [-0.39, 0.29) is 15.9 Å². The molecule has 35 heavy (non-hydrogen) atoms. The number of hydrogen-bond donors (Lipinski definition) is 0. The van der Waals surface area contributed by atoms with Gasteiger partial charge in [-0.2, -0.15) is 5.10 Å². The Kier molecular flexibility index (Phi) is 11.8. The van der Waals surface area contributed by atoms with Gasteiger partial charge in [0.15, 0.2) is 0 Å². The van der Waals surface area contributed by atoms with Gasteiger partial charge in [0, 0.05) is 17.6 Å². The van der Waals surface area contributed by atoms with E-state index >= 15 is 0 Å². The molecule has 2 atom stereocenters. The van der Waals surface area contributed by atoms with Crippen molar-refractivity contribution in [1.82, 2.24) is 5.01 Å². The molecule has 1 aliphatic rings. The molecule has 2 nitrogen and oxygen atoms in total. The molecular weight excluding hydrogens is 585 g/mol. The fourth-order valence-corrected chi connectivity index (χ4v) is 7.23. The first kappa shape index (κ1) is 28.4. The van der Waals surface area contributed by atoms with Crippen molar-refractivity contribution < 1.29 is 15.9 Å². The Morgan fingerprint density at radius 2 is 1.20 bits per heavy atom. The molecule has 0 unspecified atom stereocenters. The van der Waals surface area contributed by atoms with Gasteiger partial charge in [-0.25, -0.2) is 0 Å². The summed E-state index contributed by atoms with van der Waals surface area (Å²) in [5, 5.41) is 11.7. The van der Waals surface area contributed by atoms with Crippen molar-refractivity contribution in [2.45, 2.75) is 52.6 Å². The van der Waals surface area contributed by atoms with Gasteiger partial charge < -0.3 is 0 Å². The predicted octanol–water partition coefficient (Wildman–Crippen LogP) is 7.30. The Morgan fingerprint density at radius 3 is 1.66 bits per heavy atom. The first-order valence-corrected chi connectivity index (χ1v) is 17.5. The average Bonchev–Trinajstić information content (AvgIpc) is 3.30. The first-order chi connectivity index (χ1) is 17.0. The van der Waals surface area contributed by atoms with E-state index in [4.69, 9.17) is 24.2 Å². The van der Waals surface area contributed by atoms with E-state index < -0.39 is 7.92 Å². The standard InChI is InChI=1S/C29H35N2P.2ClH.Pd/c1-22(2)27-19-20-28(23(3)4)31(27)30-21-24-13-11-12-18-29(24)32(25-14-7-5-8-15-25)26-16-9-6-10-17-26;;;/h5-18,21-23,27-28H,19-20H2,1-4H3;2*1H;/q;;;+2/p-2/b30-21+;;;/t27-,28-;;;/m0.../s1.